The molecule has 7 nitrogen and oxygen atoms in total. The summed E-state index contributed by atoms with van der Waals surface area (Å²) < 4.78 is 16.2. The van der Waals surface area contributed by atoms with E-state index in [4.69, 9.17) is 19.1 Å². The van der Waals surface area contributed by atoms with Crippen LogP contribution in [0.2, 0.25) is 0 Å². The third kappa shape index (κ3) is 5.57. The first-order chi connectivity index (χ1) is 16.5. The normalized spacial score (nSPS) is 11.0. The second kappa shape index (κ2) is 10.9. The number of benzene rings is 3. The highest BCUT2D eigenvalue weighted by Gasteiger charge is 2.15. The first-order valence-corrected chi connectivity index (χ1v) is 11.0. The monoisotopic (exact) mass is 458 g/mol. The first-order valence-electron chi connectivity index (χ1n) is 11.0. The summed E-state index contributed by atoms with van der Waals surface area (Å²) in [4.78, 5) is 15.2. The minimum absolute atomic E-state index is 0.304. The Morgan fingerprint density at radius 3 is 2.65 bits per heavy atom. The smallest absolute Gasteiger partial charge is 0.329 e. The van der Waals surface area contributed by atoms with E-state index in [1.807, 2.05) is 48.5 Å². The predicted molar refractivity (Wildman–Crippen MR) is 128 cm³/mol. The largest absolute Gasteiger partial charge is 0.480 e. The van der Waals surface area contributed by atoms with E-state index in [2.05, 4.69) is 35.3 Å². The molecule has 0 spiro atoms. The summed E-state index contributed by atoms with van der Waals surface area (Å²) >= 11 is 0. The summed E-state index contributed by atoms with van der Waals surface area (Å²) in [6.45, 7) is 2.57. The van der Waals surface area contributed by atoms with E-state index >= 15 is 0 Å². The lowest BCUT2D eigenvalue weighted by atomic mass is 9.94. The van der Waals surface area contributed by atoms with E-state index in [0.717, 1.165) is 33.4 Å². The Morgan fingerprint density at radius 2 is 1.85 bits per heavy atom. The quantitative estimate of drug-likeness (QED) is 0.328. The van der Waals surface area contributed by atoms with Crippen LogP contribution in [0, 0.1) is 6.92 Å². The molecule has 0 atom stereocenters. The molecule has 0 fully saturated rings. The van der Waals surface area contributed by atoms with Gasteiger partial charge >= 0.3 is 5.97 Å². The standard InChI is InChI=1S/C27H26N2O5/c1-18-6-3-4-9-23(18)24-11-10-21(15-22(24)16-32-2)27-28-26(29-34-27)20-8-5-7-19(14-20)12-13-33-17-25(30)31/h3-11,14-15H,12-13,16-17H2,1-2H3,(H,30,31). The molecule has 7 heteroatoms. The number of ether oxygens (including phenoxy) is 2. The SMILES string of the molecule is COCc1cc(-c2nc(-c3cccc(CCOCC(=O)O)c3)no2)ccc1-c1ccccc1C. The summed E-state index contributed by atoms with van der Waals surface area (Å²) in [5.41, 5.74) is 7.15. The number of carboxylic acid groups (broad SMARTS) is 1. The van der Waals surface area contributed by atoms with Gasteiger partial charge in [0.1, 0.15) is 6.61 Å². The molecular weight excluding hydrogens is 432 g/mol. The van der Waals surface area contributed by atoms with Gasteiger partial charge in [-0.1, -0.05) is 53.7 Å². The zero-order valence-electron chi connectivity index (χ0n) is 19.2. The Balaban J connectivity index is 1.56. The number of carboxylic acids is 1. The predicted octanol–water partition coefficient (Wildman–Crippen LogP) is 5.17. The molecule has 0 aliphatic rings. The lowest BCUT2D eigenvalue weighted by Crippen LogP contribution is -2.09. The molecule has 174 valence electrons. The third-order valence-electron chi connectivity index (χ3n) is 5.46. The van der Waals surface area contributed by atoms with Crippen molar-refractivity contribution in [1.29, 1.82) is 0 Å². The Hall–Kier alpha value is -3.81. The van der Waals surface area contributed by atoms with E-state index in [9.17, 15) is 4.79 Å². The van der Waals surface area contributed by atoms with Crippen molar-refractivity contribution in [2.45, 2.75) is 20.0 Å². The Kier molecular flexibility index (Phi) is 7.47. The number of aryl methyl sites for hydroxylation is 1. The molecular formula is C27H26N2O5. The number of aliphatic carboxylic acids is 1. The number of nitrogens with zero attached hydrogens (tertiary/aromatic N) is 2. The van der Waals surface area contributed by atoms with Gasteiger partial charge in [0.05, 0.1) is 13.2 Å². The molecule has 0 radical (unpaired) electrons. The number of methoxy groups -OCH3 is 1. The van der Waals surface area contributed by atoms with Gasteiger partial charge in [-0.3, -0.25) is 0 Å². The molecule has 0 unspecified atom stereocenters. The molecule has 1 N–H and O–H groups in total. The summed E-state index contributed by atoms with van der Waals surface area (Å²) in [5, 5.41) is 12.8. The summed E-state index contributed by atoms with van der Waals surface area (Å²) in [6, 6.07) is 22.1. The van der Waals surface area contributed by atoms with E-state index in [1.54, 1.807) is 7.11 Å². The highest BCUT2D eigenvalue weighted by Crippen LogP contribution is 2.31. The van der Waals surface area contributed by atoms with Crippen molar-refractivity contribution in [2.75, 3.05) is 20.3 Å². The lowest BCUT2D eigenvalue weighted by molar-refractivity contribution is -0.142. The third-order valence-corrected chi connectivity index (χ3v) is 5.46. The van der Waals surface area contributed by atoms with Gasteiger partial charge in [0.15, 0.2) is 0 Å². The van der Waals surface area contributed by atoms with Crippen LogP contribution >= 0.6 is 0 Å². The van der Waals surface area contributed by atoms with Crippen molar-refractivity contribution >= 4 is 5.97 Å². The summed E-state index contributed by atoms with van der Waals surface area (Å²) in [6.07, 6.45) is 0.590. The van der Waals surface area contributed by atoms with Gasteiger partial charge in [-0.2, -0.15) is 4.98 Å². The van der Waals surface area contributed by atoms with Crippen LogP contribution in [0.3, 0.4) is 0 Å². The molecule has 4 rings (SSSR count). The molecule has 1 aromatic heterocycles. The number of carbonyl (C=O) groups is 1. The molecule has 0 aliphatic carbocycles. The van der Waals surface area contributed by atoms with E-state index < -0.39 is 5.97 Å². The molecule has 0 aliphatic heterocycles. The van der Waals surface area contributed by atoms with Gasteiger partial charge in [-0.15, -0.1) is 0 Å². The average molecular weight is 459 g/mol. The molecule has 1 heterocycles. The number of rotatable bonds is 10. The van der Waals surface area contributed by atoms with Crippen molar-refractivity contribution in [3.05, 3.63) is 83.4 Å². The zero-order valence-corrected chi connectivity index (χ0v) is 19.2. The fourth-order valence-corrected chi connectivity index (χ4v) is 3.81. The van der Waals surface area contributed by atoms with Crippen LogP contribution < -0.4 is 0 Å². The van der Waals surface area contributed by atoms with Gasteiger partial charge in [0, 0.05) is 18.2 Å². The lowest BCUT2D eigenvalue weighted by Gasteiger charge is -2.12. The second-order valence-electron chi connectivity index (χ2n) is 7.94. The fourth-order valence-electron chi connectivity index (χ4n) is 3.81. The maximum Gasteiger partial charge on any atom is 0.329 e. The minimum atomic E-state index is -0.978. The van der Waals surface area contributed by atoms with Crippen molar-refractivity contribution < 1.29 is 23.9 Å². The van der Waals surface area contributed by atoms with Crippen molar-refractivity contribution in [3.63, 3.8) is 0 Å². The van der Waals surface area contributed by atoms with Crippen LogP contribution in [0.5, 0.6) is 0 Å². The van der Waals surface area contributed by atoms with Crippen LogP contribution in [-0.2, 0) is 27.3 Å². The van der Waals surface area contributed by atoms with Gasteiger partial charge in [-0.05, 0) is 59.4 Å². The van der Waals surface area contributed by atoms with E-state index in [0.29, 0.717) is 31.3 Å². The van der Waals surface area contributed by atoms with Gasteiger partial charge in [0.2, 0.25) is 5.82 Å². The molecule has 3 aromatic carbocycles. The van der Waals surface area contributed by atoms with Gasteiger partial charge < -0.3 is 19.1 Å². The number of hydrogen-bond donors (Lipinski definition) is 1. The van der Waals surface area contributed by atoms with Crippen LogP contribution in [0.15, 0.2) is 71.3 Å². The molecule has 0 bridgehead atoms. The van der Waals surface area contributed by atoms with Crippen molar-refractivity contribution in [2.24, 2.45) is 0 Å². The molecule has 0 saturated carbocycles. The van der Waals surface area contributed by atoms with Crippen molar-refractivity contribution in [3.8, 4) is 34.0 Å². The second-order valence-corrected chi connectivity index (χ2v) is 7.94. The number of hydrogen-bond acceptors (Lipinski definition) is 6. The Bertz CT molecular complexity index is 1280. The fraction of sp³-hybridized carbons (Fsp3) is 0.222. The minimum Gasteiger partial charge on any atom is -0.480 e. The first kappa shape index (κ1) is 23.4. The molecule has 34 heavy (non-hydrogen) atoms. The Morgan fingerprint density at radius 1 is 1.00 bits per heavy atom. The van der Waals surface area contributed by atoms with Crippen LogP contribution in [0.25, 0.3) is 34.0 Å². The average Bonchev–Trinajstić information content (AvgIpc) is 3.33. The van der Waals surface area contributed by atoms with E-state index in [-0.39, 0.29) is 6.61 Å². The maximum atomic E-state index is 10.6. The highest BCUT2D eigenvalue weighted by molar-refractivity contribution is 5.74. The summed E-state index contributed by atoms with van der Waals surface area (Å²) in [7, 11) is 1.68. The highest BCUT2D eigenvalue weighted by atomic mass is 16.5. The zero-order chi connectivity index (χ0) is 23.9. The van der Waals surface area contributed by atoms with Crippen LogP contribution in [0.4, 0.5) is 0 Å². The van der Waals surface area contributed by atoms with Crippen molar-refractivity contribution in [1.82, 2.24) is 10.1 Å². The molecule has 4 aromatic rings. The molecule has 0 saturated heterocycles. The summed E-state index contributed by atoms with van der Waals surface area (Å²) in [5.74, 6) is -0.0628. The van der Waals surface area contributed by atoms with Crippen LogP contribution in [0.1, 0.15) is 16.7 Å². The van der Waals surface area contributed by atoms with Crippen LogP contribution in [-0.4, -0.2) is 41.5 Å². The molecule has 0 amide bonds. The van der Waals surface area contributed by atoms with Gasteiger partial charge in [0.25, 0.3) is 5.89 Å². The number of aromatic nitrogens is 2. The van der Waals surface area contributed by atoms with E-state index in [1.165, 1.54) is 5.56 Å². The topological polar surface area (TPSA) is 94.7 Å². The maximum absolute atomic E-state index is 10.6. The Labute approximate surface area is 198 Å². The van der Waals surface area contributed by atoms with Gasteiger partial charge in [-0.25, -0.2) is 4.79 Å².